The normalized spacial score (nSPS) is 13.1. The number of hydrogen-bond donors (Lipinski definition) is 7. The van der Waals surface area contributed by atoms with Gasteiger partial charge in [0.25, 0.3) is 5.91 Å². The lowest BCUT2D eigenvalue weighted by Crippen LogP contribution is -2.41. The molecule has 0 radical (unpaired) electrons. The smallest absolute Gasteiger partial charge is 0.326 e. The lowest BCUT2D eigenvalue weighted by molar-refractivity contribution is -0.139. The Bertz CT molecular complexity index is 1120. The van der Waals surface area contributed by atoms with E-state index < -0.39 is 23.8 Å². The first-order valence-electron chi connectivity index (χ1n) is 9.73. The number of carboxylic acids is 1. The Labute approximate surface area is 194 Å². The van der Waals surface area contributed by atoms with E-state index in [-0.39, 0.29) is 24.4 Å². The number of carboxylic acid groups (broad SMARTS) is 1. The number of nitrogens with zero attached hydrogens (tertiary/aromatic N) is 3. The van der Waals surface area contributed by atoms with Crippen molar-refractivity contribution in [3.05, 3.63) is 54.0 Å². The highest BCUT2D eigenvalue weighted by atomic mass is 32.1. The first kappa shape index (κ1) is 23.5. The van der Waals surface area contributed by atoms with Crippen LogP contribution in [-0.4, -0.2) is 44.9 Å². The quantitative estimate of drug-likeness (QED) is 0.257. The summed E-state index contributed by atoms with van der Waals surface area (Å²) in [5.41, 5.74) is 8.29. The van der Waals surface area contributed by atoms with Crippen molar-refractivity contribution in [1.82, 2.24) is 25.3 Å². The van der Waals surface area contributed by atoms with Crippen LogP contribution in [0.1, 0.15) is 34.6 Å². The number of amides is 2. The number of fused-ring (bicyclic) bond motifs is 1. The van der Waals surface area contributed by atoms with Crippen LogP contribution in [0.5, 0.6) is 0 Å². The van der Waals surface area contributed by atoms with Crippen LogP contribution in [0.25, 0.3) is 5.70 Å². The fraction of sp³-hybridized carbons (Fsp3) is 0.200. The van der Waals surface area contributed by atoms with Crippen molar-refractivity contribution in [2.45, 2.75) is 25.4 Å². The van der Waals surface area contributed by atoms with E-state index in [1.54, 1.807) is 30.5 Å². The topological polar surface area (TPSA) is 184 Å². The number of nitrogens with one attached hydrogen (secondary N) is 4. The van der Waals surface area contributed by atoms with Crippen LogP contribution < -0.4 is 26.4 Å². The van der Waals surface area contributed by atoms with Gasteiger partial charge in [0, 0.05) is 17.7 Å². The zero-order valence-electron chi connectivity index (χ0n) is 17.3. The van der Waals surface area contributed by atoms with Gasteiger partial charge < -0.3 is 31.5 Å². The largest absolute Gasteiger partial charge is 0.480 e. The molecule has 0 aliphatic carbocycles. The Balaban J connectivity index is 1.58. The van der Waals surface area contributed by atoms with Gasteiger partial charge in [0.15, 0.2) is 11.8 Å². The Morgan fingerprint density at radius 3 is 2.64 bits per heavy atom. The third-order valence-corrected chi connectivity index (χ3v) is 4.85. The molecule has 0 spiro atoms. The van der Waals surface area contributed by atoms with Gasteiger partial charge in [-0.25, -0.2) is 14.8 Å². The van der Waals surface area contributed by atoms with E-state index >= 15 is 0 Å². The van der Waals surface area contributed by atoms with Crippen molar-refractivity contribution < 1.29 is 19.5 Å². The number of anilines is 1. The van der Waals surface area contributed by atoms with Gasteiger partial charge in [0.2, 0.25) is 5.91 Å². The van der Waals surface area contributed by atoms with Gasteiger partial charge in [-0.3, -0.25) is 9.59 Å². The molecule has 1 aliphatic rings. The molecule has 1 atom stereocenters. The van der Waals surface area contributed by atoms with Gasteiger partial charge in [-0.1, -0.05) is 19.4 Å². The summed E-state index contributed by atoms with van der Waals surface area (Å²) in [4.78, 5) is 47.8. The fourth-order valence-corrected chi connectivity index (χ4v) is 3.02. The third kappa shape index (κ3) is 6.20. The minimum absolute atomic E-state index is 0.0607. The fourth-order valence-electron chi connectivity index (χ4n) is 2.91. The van der Waals surface area contributed by atoms with E-state index in [9.17, 15) is 19.5 Å². The van der Waals surface area contributed by atoms with Gasteiger partial charge in [-0.05, 0) is 30.7 Å². The summed E-state index contributed by atoms with van der Waals surface area (Å²) in [6.45, 7) is 4.21. The maximum Gasteiger partial charge on any atom is 0.326 e. The molecule has 0 bridgehead atoms. The molecular formula is C20H22N8O4S. The van der Waals surface area contributed by atoms with Gasteiger partial charge in [0.1, 0.15) is 11.7 Å². The average Bonchev–Trinajstić information content (AvgIpc) is 2.80. The zero-order chi connectivity index (χ0) is 24.0. The lowest BCUT2D eigenvalue weighted by Gasteiger charge is -2.16. The van der Waals surface area contributed by atoms with Crippen molar-refractivity contribution >= 4 is 53.8 Å². The number of guanidine groups is 1. The van der Waals surface area contributed by atoms with E-state index in [2.05, 4.69) is 55.0 Å². The molecule has 1 aromatic carbocycles. The van der Waals surface area contributed by atoms with Crippen molar-refractivity contribution in [1.29, 1.82) is 0 Å². The Morgan fingerprint density at radius 1 is 1.24 bits per heavy atom. The van der Waals surface area contributed by atoms with E-state index in [1.807, 2.05) is 0 Å². The highest BCUT2D eigenvalue weighted by molar-refractivity contribution is 7.78. The lowest BCUT2D eigenvalue weighted by atomic mass is 10.1. The summed E-state index contributed by atoms with van der Waals surface area (Å²) in [6, 6.07) is 5.26. The van der Waals surface area contributed by atoms with E-state index in [1.165, 1.54) is 0 Å². The number of aliphatic carboxylic acids is 1. The highest BCUT2D eigenvalue weighted by Crippen LogP contribution is 2.23. The molecule has 1 unspecified atom stereocenters. The predicted molar refractivity (Wildman–Crippen MR) is 125 cm³/mol. The number of rotatable bonds is 9. The second-order valence-electron chi connectivity index (χ2n) is 7.00. The molecule has 12 nitrogen and oxygen atoms in total. The maximum atomic E-state index is 12.4. The summed E-state index contributed by atoms with van der Waals surface area (Å²) in [5.74, 6) is -1.64. The maximum absolute atomic E-state index is 12.4. The molecule has 1 aromatic heterocycles. The molecule has 0 saturated carbocycles. The van der Waals surface area contributed by atoms with Crippen LogP contribution in [0.15, 0.2) is 42.0 Å². The van der Waals surface area contributed by atoms with Crippen molar-refractivity contribution in [2.75, 3.05) is 5.32 Å². The number of nitrogens with two attached hydrogens (primary N) is 1. The molecule has 0 saturated heterocycles. The number of hydrogen-bond acceptors (Lipinski definition) is 10. The van der Waals surface area contributed by atoms with Gasteiger partial charge >= 0.3 is 5.97 Å². The molecule has 172 valence electrons. The van der Waals surface area contributed by atoms with Crippen LogP contribution in [0.4, 0.5) is 11.5 Å². The average molecular weight is 471 g/mol. The number of carbonyl (C=O) groups excluding carboxylic acids is 2. The van der Waals surface area contributed by atoms with Crippen molar-refractivity contribution in [2.24, 2.45) is 10.7 Å². The van der Waals surface area contributed by atoms with Crippen molar-refractivity contribution in [3.8, 4) is 0 Å². The second-order valence-corrected chi connectivity index (χ2v) is 7.23. The minimum Gasteiger partial charge on any atom is -0.480 e. The summed E-state index contributed by atoms with van der Waals surface area (Å²) in [5, 5.41) is 17.6. The van der Waals surface area contributed by atoms with Crippen LogP contribution in [0.3, 0.4) is 0 Å². The molecule has 2 amide bonds. The Kier molecular flexibility index (Phi) is 7.46. The molecular weight excluding hydrogens is 448 g/mol. The second kappa shape index (κ2) is 10.5. The standard InChI is InChI=1S/C20H22N8O4S/c1-10-16-17(27-20(21)24-10)23-9-13(25-16)8-22-12-4-2-11(3-5-12)18(30)26-14(19(31)32)6-7-15(29)28-33/h2-5,9,14,22,33H,1,6-8H2,(H,26,30)(H,28,29)(H,31,32)(H3,21,23,24,27). The summed E-state index contributed by atoms with van der Waals surface area (Å²) < 4.78 is 2.11. The summed E-state index contributed by atoms with van der Waals surface area (Å²) in [7, 11) is 0. The van der Waals surface area contributed by atoms with E-state index in [0.29, 0.717) is 35.1 Å². The molecule has 0 fully saturated rings. The van der Waals surface area contributed by atoms with Crippen LogP contribution in [-0.2, 0) is 16.1 Å². The predicted octanol–water partition coefficient (Wildman–Crippen LogP) is 0.533. The SMILES string of the molecule is C=C1NC(N)=Nc2ncc(CNc3ccc(C(=O)NC(CCC(=O)NS)C(=O)O)cc3)nc21. The monoisotopic (exact) mass is 470 g/mol. The molecule has 7 N–H and O–H groups in total. The van der Waals surface area contributed by atoms with Crippen molar-refractivity contribution in [3.63, 3.8) is 0 Å². The number of benzene rings is 1. The number of aromatic nitrogens is 2. The molecule has 2 heterocycles. The van der Waals surface area contributed by atoms with Gasteiger partial charge in [-0.2, -0.15) is 4.99 Å². The molecule has 1 aliphatic heterocycles. The molecule has 13 heteroatoms. The van der Waals surface area contributed by atoms with Crippen LogP contribution in [0.2, 0.25) is 0 Å². The van der Waals surface area contributed by atoms with Crippen LogP contribution in [0, 0.1) is 0 Å². The van der Waals surface area contributed by atoms with Gasteiger partial charge in [-0.15, -0.1) is 0 Å². The minimum atomic E-state index is -1.23. The highest BCUT2D eigenvalue weighted by Gasteiger charge is 2.21. The summed E-state index contributed by atoms with van der Waals surface area (Å²) >= 11 is 3.61. The number of aliphatic imine (C=N–C) groups is 1. The summed E-state index contributed by atoms with van der Waals surface area (Å²) in [6.07, 6.45) is 1.43. The Morgan fingerprint density at radius 2 is 1.97 bits per heavy atom. The number of carbonyl (C=O) groups is 3. The zero-order valence-corrected chi connectivity index (χ0v) is 18.2. The molecule has 2 aromatic rings. The van der Waals surface area contributed by atoms with E-state index in [4.69, 9.17) is 5.73 Å². The van der Waals surface area contributed by atoms with Crippen LogP contribution >= 0.6 is 12.8 Å². The van der Waals surface area contributed by atoms with E-state index in [0.717, 1.165) is 0 Å². The molecule has 33 heavy (non-hydrogen) atoms. The Hall–Kier alpha value is -4.13. The molecule has 3 rings (SSSR count). The first-order valence-corrected chi connectivity index (χ1v) is 10.2. The van der Waals surface area contributed by atoms with Gasteiger partial charge in [0.05, 0.1) is 24.1 Å². The third-order valence-electron chi connectivity index (χ3n) is 4.60. The number of thiol groups is 1. The first-order chi connectivity index (χ1) is 15.8.